The number of benzene rings is 2. The van der Waals surface area contributed by atoms with Gasteiger partial charge in [0.1, 0.15) is 0 Å². The highest BCUT2D eigenvalue weighted by Gasteiger charge is 2.14. The maximum atomic E-state index is 12.3. The molecule has 3 aromatic rings. The predicted octanol–water partition coefficient (Wildman–Crippen LogP) is 2.85. The normalized spacial score (nSPS) is 11.3. The van der Waals surface area contributed by atoms with Crippen LogP contribution in [0.5, 0.6) is 0 Å². The molecule has 0 bridgehead atoms. The smallest absolute Gasteiger partial charge is 0.261 e. The average Bonchev–Trinajstić information content (AvgIpc) is 3.02. The van der Waals surface area contributed by atoms with E-state index >= 15 is 0 Å². The van der Waals surface area contributed by atoms with Crippen molar-refractivity contribution in [1.82, 2.24) is 10.2 Å². The lowest BCUT2D eigenvalue weighted by molar-refractivity contribution is 0.568. The van der Waals surface area contributed by atoms with Crippen molar-refractivity contribution in [3.05, 3.63) is 60.5 Å². The van der Waals surface area contributed by atoms with Crippen LogP contribution in [-0.2, 0) is 10.0 Å². The van der Waals surface area contributed by atoms with Crippen molar-refractivity contribution in [3.8, 4) is 11.5 Å². The lowest BCUT2D eigenvalue weighted by atomic mass is 10.2. The van der Waals surface area contributed by atoms with Crippen LogP contribution < -0.4 is 4.72 Å². The first-order valence-corrected chi connectivity index (χ1v) is 7.99. The summed E-state index contributed by atoms with van der Waals surface area (Å²) < 4.78 is 32.3. The summed E-state index contributed by atoms with van der Waals surface area (Å²) in [5.74, 6) is 0.330. The van der Waals surface area contributed by atoms with Crippen LogP contribution in [0.25, 0.3) is 11.5 Å². The third-order valence-corrected chi connectivity index (χ3v) is 4.45. The molecule has 7 heteroatoms. The number of rotatable bonds is 4. The lowest BCUT2D eigenvalue weighted by Crippen LogP contribution is -2.12. The van der Waals surface area contributed by atoms with Crippen LogP contribution >= 0.6 is 0 Å². The highest BCUT2D eigenvalue weighted by molar-refractivity contribution is 7.92. The summed E-state index contributed by atoms with van der Waals surface area (Å²) in [4.78, 5) is 0.210. The van der Waals surface area contributed by atoms with Crippen molar-refractivity contribution in [2.24, 2.45) is 0 Å². The molecule has 0 saturated carbocycles. The maximum absolute atomic E-state index is 12.3. The van der Waals surface area contributed by atoms with Gasteiger partial charge in [-0.25, -0.2) is 8.42 Å². The van der Waals surface area contributed by atoms with E-state index in [4.69, 9.17) is 4.42 Å². The highest BCUT2D eigenvalue weighted by atomic mass is 32.2. The fraction of sp³-hybridized carbons (Fsp3) is 0.0667. The van der Waals surface area contributed by atoms with Gasteiger partial charge in [0.25, 0.3) is 10.0 Å². The van der Waals surface area contributed by atoms with Gasteiger partial charge in [0.05, 0.1) is 4.90 Å². The zero-order valence-corrected chi connectivity index (χ0v) is 12.5. The Morgan fingerprint density at radius 3 is 2.55 bits per heavy atom. The van der Waals surface area contributed by atoms with Crippen molar-refractivity contribution < 1.29 is 12.8 Å². The Labute approximate surface area is 127 Å². The number of nitrogens with one attached hydrogen (secondary N) is 1. The number of anilines is 1. The second-order valence-electron chi connectivity index (χ2n) is 4.74. The van der Waals surface area contributed by atoms with Crippen LogP contribution in [0.2, 0.25) is 0 Å². The van der Waals surface area contributed by atoms with Crippen LogP contribution in [0.1, 0.15) is 5.56 Å². The van der Waals surface area contributed by atoms with Crippen LogP contribution in [0.15, 0.2) is 64.2 Å². The Balaban J connectivity index is 1.89. The monoisotopic (exact) mass is 315 g/mol. The van der Waals surface area contributed by atoms with Crippen LogP contribution in [0.3, 0.4) is 0 Å². The summed E-state index contributed by atoms with van der Waals surface area (Å²) in [6.45, 7) is 1.90. The number of hydrogen-bond donors (Lipinski definition) is 1. The molecule has 0 radical (unpaired) electrons. The molecule has 0 aliphatic rings. The average molecular weight is 315 g/mol. The number of sulfonamides is 1. The SMILES string of the molecule is Cc1ccc(S(=O)(=O)Nc2cccc(-c3nnco3)c2)cc1. The van der Waals surface area contributed by atoms with E-state index in [1.54, 1.807) is 48.5 Å². The van der Waals surface area contributed by atoms with E-state index in [1.165, 1.54) is 6.39 Å². The van der Waals surface area contributed by atoms with Gasteiger partial charge in [-0.15, -0.1) is 10.2 Å². The van der Waals surface area contributed by atoms with Crippen molar-refractivity contribution in [2.45, 2.75) is 11.8 Å². The Hall–Kier alpha value is -2.67. The van der Waals surface area contributed by atoms with Gasteiger partial charge in [-0.05, 0) is 37.3 Å². The molecule has 1 N–H and O–H groups in total. The van der Waals surface area contributed by atoms with Crippen molar-refractivity contribution in [1.29, 1.82) is 0 Å². The Morgan fingerprint density at radius 1 is 1.09 bits per heavy atom. The van der Waals surface area contributed by atoms with E-state index < -0.39 is 10.0 Å². The van der Waals surface area contributed by atoms with Gasteiger partial charge in [0.2, 0.25) is 12.3 Å². The standard InChI is InChI=1S/C15H13N3O3S/c1-11-5-7-14(8-6-11)22(19,20)18-13-4-2-3-12(9-13)15-17-16-10-21-15/h2-10,18H,1H3. The minimum atomic E-state index is -3.63. The fourth-order valence-corrected chi connectivity index (χ4v) is 3.00. The van der Waals surface area contributed by atoms with Gasteiger partial charge < -0.3 is 4.42 Å². The molecule has 22 heavy (non-hydrogen) atoms. The molecule has 0 atom stereocenters. The largest absolute Gasteiger partial charge is 0.423 e. The fourth-order valence-electron chi connectivity index (χ4n) is 1.95. The summed E-state index contributed by atoms with van der Waals surface area (Å²) >= 11 is 0. The van der Waals surface area contributed by atoms with Gasteiger partial charge in [0, 0.05) is 11.3 Å². The molecule has 3 rings (SSSR count). The van der Waals surface area contributed by atoms with Gasteiger partial charge in [-0.3, -0.25) is 4.72 Å². The number of aromatic nitrogens is 2. The Morgan fingerprint density at radius 2 is 1.86 bits per heavy atom. The second-order valence-corrected chi connectivity index (χ2v) is 6.43. The minimum Gasteiger partial charge on any atom is -0.423 e. The molecule has 0 aliphatic carbocycles. The molecular weight excluding hydrogens is 302 g/mol. The third kappa shape index (κ3) is 2.99. The molecule has 112 valence electrons. The molecule has 6 nitrogen and oxygen atoms in total. The maximum Gasteiger partial charge on any atom is 0.261 e. The first kappa shape index (κ1) is 14.3. The van der Waals surface area contributed by atoms with E-state index in [0.29, 0.717) is 17.1 Å². The van der Waals surface area contributed by atoms with Gasteiger partial charge in [-0.2, -0.15) is 0 Å². The van der Waals surface area contributed by atoms with E-state index in [-0.39, 0.29) is 4.90 Å². The Kier molecular flexibility index (Phi) is 3.64. The van der Waals surface area contributed by atoms with E-state index in [0.717, 1.165) is 5.56 Å². The molecule has 0 unspecified atom stereocenters. The predicted molar refractivity (Wildman–Crippen MR) is 81.7 cm³/mol. The van der Waals surface area contributed by atoms with Gasteiger partial charge >= 0.3 is 0 Å². The zero-order valence-electron chi connectivity index (χ0n) is 11.7. The summed E-state index contributed by atoms with van der Waals surface area (Å²) in [7, 11) is -3.63. The number of hydrogen-bond acceptors (Lipinski definition) is 5. The van der Waals surface area contributed by atoms with Crippen LogP contribution in [0.4, 0.5) is 5.69 Å². The number of nitrogens with zero attached hydrogens (tertiary/aromatic N) is 2. The highest BCUT2D eigenvalue weighted by Crippen LogP contribution is 2.22. The topological polar surface area (TPSA) is 85.1 Å². The van der Waals surface area contributed by atoms with E-state index in [9.17, 15) is 8.42 Å². The molecular formula is C15H13N3O3S. The summed E-state index contributed by atoms with van der Waals surface area (Å²) in [6, 6.07) is 13.4. The molecule has 2 aromatic carbocycles. The van der Waals surface area contributed by atoms with Crippen molar-refractivity contribution >= 4 is 15.7 Å². The van der Waals surface area contributed by atoms with Crippen LogP contribution in [-0.4, -0.2) is 18.6 Å². The molecule has 0 fully saturated rings. The van der Waals surface area contributed by atoms with Crippen molar-refractivity contribution in [2.75, 3.05) is 4.72 Å². The second kappa shape index (κ2) is 5.61. The van der Waals surface area contributed by atoms with E-state index in [1.807, 2.05) is 6.92 Å². The van der Waals surface area contributed by atoms with Crippen LogP contribution in [0, 0.1) is 6.92 Å². The quantitative estimate of drug-likeness (QED) is 0.800. The molecule has 1 aromatic heterocycles. The number of aryl methyl sites for hydroxylation is 1. The zero-order chi connectivity index (χ0) is 15.6. The molecule has 0 amide bonds. The summed E-state index contributed by atoms with van der Waals surface area (Å²) in [5, 5.41) is 7.40. The first-order chi connectivity index (χ1) is 10.5. The summed E-state index contributed by atoms with van der Waals surface area (Å²) in [6.07, 6.45) is 1.22. The Bertz CT molecular complexity index is 873. The van der Waals surface area contributed by atoms with Gasteiger partial charge in [-0.1, -0.05) is 23.8 Å². The van der Waals surface area contributed by atoms with Gasteiger partial charge in [0.15, 0.2) is 0 Å². The minimum absolute atomic E-state index is 0.210. The van der Waals surface area contributed by atoms with Crippen molar-refractivity contribution in [3.63, 3.8) is 0 Å². The van der Waals surface area contributed by atoms with E-state index in [2.05, 4.69) is 14.9 Å². The molecule has 0 spiro atoms. The molecule has 0 aliphatic heterocycles. The lowest BCUT2D eigenvalue weighted by Gasteiger charge is -2.09. The molecule has 0 saturated heterocycles. The first-order valence-electron chi connectivity index (χ1n) is 6.51. The third-order valence-electron chi connectivity index (χ3n) is 3.05. The summed E-state index contributed by atoms with van der Waals surface area (Å²) in [5.41, 5.74) is 2.07. The molecule has 1 heterocycles.